The molecule has 2 heterocycles. The van der Waals surface area contributed by atoms with E-state index in [-0.39, 0.29) is 17.1 Å². The molecule has 10 nitrogen and oxygen atoms in total. The van der Waals surface area contributed by atoms with Crippen LogP contribution in [0.25, 0.3) is 5.69 Å². The summed E-state index contributed by atoms with van der Waals surface area (Å²) in [5.41, 5.74) is -2.03. The lowest BCUT2D eigenvalue weighted by Crippen LogP contribution is -2.52. The highest BCUT2D eigenvalue weighted by Gasteiger charge is 2.44. The number of nitrogens with one attached hydrogen (secondary N) is 3. The van der Waals surface area contributed by atoms with Crippen molar-refractivity contribution in [1.82, 2.24) is 19.5 Å². The zero-order valence-electron chi connectivity index (χ0n) is 30.7. The molecule has 0 bridgehead atoms. The minimum Gasteiger partial charge on any atom is -0.598 e. The average molecular weight is 757 g/mol. The molecular weight excluding hydrogens is 713 g/mol. The van der Waals surface area contributed by atoms with Crippen molar-refractivity contribution < 1.29 is 36.4 Å². The fraction of sp³-hybridized carbons (Fsp3) is 0.421. The van der Waals surface area contributed by atoms with Gasteiger partial charge in [0, 0.05) is 35.0 Å². The Morgan fingerprint density at radius 2 is 1.66 bits per heavy atom. The van der Waals surface area contributed by atoms with Gasteiger partial charge < -0.3 is 14.6 Å². The Bertz CT molecular complexity index is 1970. The van der Waals surface area contributed by atoms with Gasteiger partial charge in [0.25, 0.3) is 5.91 Å². The van der Waals surface area contributed by atoms with Crippen LogP contribution < -0.4 is 15.4 Å². The van der Waals surface area contributed by atoms with Crippen LogP contribution in [0.3, 0.4) is 0 Å². The van der Waals surface area contributed by atoms with Gasteiger partial charge in [0.15, 0.2) is 5.69 Å². The van der Waals surface area contributed by atoms with Crippen molar-refractivity contribution in [3.8, 4) is 5.69 Å². The number of benzene rings is 2. The van der Waals surface area contributed by atoms with Gasteiger partial charge in [0.1, 0.15) is 27.4 Å². The van der Waals surface area contributed by atoms with Crippen LogP contribution in [0.15, 0.2) is 66.9 Å². The van der Waals surface area contributed by atoms with Gasteiger partial charge >= 0.3 is 12.3 Å². The number of hydrogen-bond acceptors (Lipinski definition) is 7. The van der Waals surface area contributed by atoms with E-state index in [1.165, 1.54) is 30.3 Å². The largest absolute Gasteiger partial charge is 0.598 e. The van der Waals surface area contributed by atoms with Gasteiger partial charge in [0.2, 0.25) is 0 Å². The summed E-state index contributed by atoms with van der Waals surface area (Å²) in [5, 5.41) is 8.65. The SMILES string of the molecule is Cc1cc(C(CCC2CC2)(N[S@+]([O-])C(C)(C)C)c2ccc(F)c(NC(=O)c3cc(C(F)(F)F)nn3-c3cccc(NC(=O)OC(C)(C)C)c3)c2)ccn1. The number of ether oxygens (including phenoxy) is 1. The van der Waals surface area contributed by atoms with E-state index in [1.54, 1.807) is 39.1 Å². The summed E-state index contributed by atoms with van der Waals surface area (Å²) in [6.07, 6.45) is -0.695. The third kappa shape index (κ3) is 9.95. The van der Waals surface area contributed by atoms with Crippen LogP contribution in [0, 0.1) is 18.7 Å². The third-order valence-electron chi connectivity index (χ3n) is 8.51. The maximum Gasteiger partial charge on any atom is 0.435 e. The molecule has 284 valence electrons. The Kier molecular flexibility index (Phi) is 11.3. The number of pyridine rings is 1. The van der Waals surface area contributed by atoms with Crippen molar-refractivity contribution >= 4 is 34.7 Å². The maximum atomic E-state index is 15.6. The number of carbonyl (C=O) groups excluding carboxylic acids is 2. The van der Waals surface area contributed by atoms with E-state index in [1.807, 2.05) is 33.8 Å². The smallest absolute Gasteiger partial charge is 0.435 e. The summed E-state index contributed by atoms with van der Waals surface area (Å²) in [5.74, 6) is -1.45. The molecule has 0 spiro atoms. The van der Waals surface area contributed by atoms with Gasteiger partial charge in [0.05, 0.1) is 11.4 Å². The molecule has 2 amide bonds. The number of anilines is 2. The van der Waals surface area contributed by atoms with Gasteiger partial charge in [-0.15, -0.1) is 4.72 Å². The Morgan fingerprint density at radius 1 is 0.962 bits per heavy atom. The molecule has 0 aliphatic heterocycles. The van der Waals surface area contributed by atoms with Crippen LogP contribution in [-0.4, -0.2) is 41.7 Å². The van der Waals surface area contributed by atoms with Crippen LogP contribution in [0.4, 0.5) is 33.7 Å². The summed E-state index contributed by atoms with van der Waals surface area (Å²) in [7, 11) is 0. The molecule has 1 aliphatic rings. The van der Waals surface area contributed by atoms with Gasteiger partial charge in [-0.1, -0.05) is 25.0 Å². The van der Waals surface area contributed by atoms with Gasteiger partial charge in [-0.3, -0.25) is 15.1 Å². The average Bonchev–Trinajstić information content (AvgIpc) is 3.76. The molecular formula is C38H44F4N6O4S. The first-order valence-corrected chi connectivity index (χ1v) is 18.3. The molecule has 0 radical (unpaired) electrons. The molecule has 2 atom stereocenters. The molecule has 0 saturated heterocycles. The van der Waals surface area contributed by atoms with E-state index in [0.29, 0.717) is 29.7 Å². The molecule has 1 unspecified atom stereocenters. The fourth-order valence-corrected chi connectivity index (χ4v) is 6.62. The Balaban J connectivity index is 1.56. The van der Waals surface area contributed by atoms with Crippen LogP contribution in [-0.2, 0) is 27.8 Å². The lowest BCUT2D eigenvalue weighted by molar-refractivity contribution is -0.141. The van der Waals surface area contributed by atoms with Crippen molar-refractivity contribution in [2.45, 2.75) is 96.2 Å². The number of nitrogens with zero attached hydrogens (tertiary/aromatic N) is 3. The number of aromatic nitrogens is 3. The minimum atomic E-state index is -4.92. The number of alkyl halides is 3. The van der Waals surface area contributed by atoms with Crippen molar-refractivity contribution in [3.63, 3.8) is 0 Å². The van der Waals surface area contributed by atoms with Crippen molar-refractivity contribution in [2.75, 3.05) is 10.6 Å². The van der Waals surface area contributed by atoms with E-state index >= 15 is 4.39 Å². The number of aryl methyl sites for hydroxylation is 1. The van der Waals surface area contributed by atoms with Gasteiger partial charge in [-0.25, -0.2) is 13.9 Å². The zero-order chi connectivity index (χ0) is 38.9. The topological polar surface area (TPSA) is 133 Å². The third-order valence-corrected chi connectivity index (χ3v) is 10.2. The highest BCUT2D eigenvalue weighted by Crippen LogP contribution is 2.43. The number of hydrogen-bond donors (Lipinski definition) is 3. The Labute approximate surface area is 309 Å². The van der Waals surface area contributed by atoms with E-state index in [4.69, 9.17) is 4.74 Å². The van der Waals surface area contributed by atoms with Gasteiger partial charge in [-0.2, -0.15) is 18.3 Å². The molecule has 1 aliphatic carbocycles. The van der Waals surface area contributed by atoms with Crippen LogP contribution in [0.1, 0.15) is 100 Å². The van der Waals surface area contributed by atoms with Crippen molar-refractivity contribution in [3.05, 3.63) is 101 Å². The van der Waals surface area contributed by atoms with Crippen LogP contribution in [0.5, 0.6) is 0 Å². The van der Waals surface area contributed by atoms with E-state index in [0.717, 1.165) is 35.6 Å². The summed E-state index contributed by atoms with van der Waals surface area (Å²) in [6, 6.07) is 14.0. The summed E-state index contributed by atoms with van der Waals surface area (Å²) >= 11 is -1.61. The first kappa shape index (κ1) is 39.7. The van der Waals surface area contributed by atoms with Crippen molar-refractivity contribution in [1.29, 1.82) is 0 Å². The summed E-state index contributed by atoms with van der Waals surface area (Å²) < 4.78 is 80.1. The highest BCUT2D eigenvalue weighted by molar-refractivity contribution is 7.90. The quantitative estimate of drug-likeness (QED) is 0.103. The van der Waals surface area contributed by atoms with E-state index < -0.39 is 62.6 Å². The predicted molar refractivity (Wildman–Crippen MR) is 196 cm³/mol. The number of carbonyl (C=O) groups is 2. The monoisotopic (exact) mass is 756 g/mol. The van der Waals surface area contributed by atoms with Crippen LogP contribution >= 0.6 is 0 Å². The fourth-order valence-electron chi connectivity index (χ4n) is 5.66. The van der Waals surface area contributed by atoms with E-state index in [9.17, 15) is 27.3 Å². The predicted octanol–water partition coefficient (Wildman–Crippen LogP) is 8.82. The standard InChI is InChI=1S/C38H44F4N6O4S/c1-23-19-26(16-18-43-23)37(17-15-24-11-12-24,47-53(51)36(5,6)7)25-13-14-29(39)30(20-25)45-33(49)31-22-32(38(40,41)42)46-48(31)28-10-8-9-27(21-28)44-34(50)52-35(2,3)4/h8-10,13-14,16,18-22,24,47H,11-12,15,17H2,1-7H3,(H,44,50)(H,45,49)/t37?,53-/m1/s1. The molecule has 2 aromatic heterocycles. The molecule has 53 heavy (non-hydrogen) atoms. The first-order chi connectivity index (χ1) is 24.6. The van der Waals surface area contributed by atoms with Crippen LogP contribution in [0.2, 0.25) is 0 Å². The second-order valence-electron chi connectivity index (χ2n) is 15.2. The first-order valence-electron chi connectivity index (χ1n) is 17.2. The number of halogens is 4. The Hall–Kier alpha value is -4.47. The molecule has 1 fully saturated rings. The maximum absolute atomic E-state index is 15.6. The lowest BCUT2D eigenvalue weighted by Gasteiger charge is -2.39. The summed E-state index contributed by atoms with van der Waals surface area (Å²) in [4.78, 5) is 30.6. The normalized spacial score (nSPS) is 15.4. The highest BCUT2D eigenvalue weighted by atomic mass is 32.2. The van der Waals surface area contributed by atoms with Crippen molar-refractivity contribution in [2.24, 2.45) is 5.92 Å². The Morgan fingerprint density at radius 3 is 2.28 bits per heavy atom. The lowest BCUT2D eigenvalue weighted by atomic mass is 9.79. The second-order valence-corrected chi connectivity index (χ2v) is 17.2. The molecule has 2 aromatic carbocycles. The number of amides is 2. The van der Waals surface area contributed by atoms with Gasteiger partial charge in [-0.05, 0) is 121 Å². The number of rotatable bonds is 11. The molecule has 3 N–H and O–H groups in total. The molecule has 15 heteroatoms. The molecule has 1 saturated carbocycles. The zero-order valence-corrected chi connectivity index (χ0v) is 31.5. The second kappa shape index (κ2) is 15.1. The van der Waals surface area contributed by atoms with E-state index in [2.05, 4.69) is 25.4 Å². The molecule has 5 rings (SSSR count). The summed E-state index contributed by atoms with van der Waals surface area (Å²) in [6.45, 7) is 12.3. The minimum absolute atomic E-state index is 0.00874. The molecule has 4 aromatic rings.